The van der Waals surface area contributed by atoms with Gasteiger partial charge in [-0.05, 0) is 61.7 Å². The van der Waals surface area contributed by atoms with Crippen LogP contribution in [-0.4, -0.2) is 24.0 Å². The van der Waals surface area contributed by atoms with Gasteiger partial charge in [0.2, 0.25) is 0 Å². The average Bonchev–Trinajstić information content (AvgIpc) is 3.06. The Bertz CT molecular complexity index is 895. The molecule has 0 atom stereocenters. The van der Waals surface area contributed by atoms with E-state index in [0.29, 0.717) is 16.5 Å². The first kappa shape index (κ1) is 15.7. The number of aromatic amines is 1. The minimum absolute atomic E-state index is 0.205. The van der Waals surface area contributed by atoms with E-state index in [4.69, 9.17) is 0 Å². The molecule has 1 aliphatic rings. The second-order valence-electron chi connectivity index (χ2n) is 6.44. The van der Waals surface area contributed by atoms with Crippen molar-refractivity contribution in [1.29, 1.82) is 0 Å². The van der Waals surface area contributed by atoms with Crippen molar-refractivity contribution in [1.82, 2.24) is 4.98 Å². The lowest BCUT2D eigenvalue weighted by Crippen LogP contribution is -2.29. The number of halogens is 1. The highest BCUT2D eigenvalue weighted by atomic mass is 19.1. The van der Waals surface area contributed by atoms with E-state index in [-0.39, 0.29) is 11.7 Å². The second-order valence-corrected chi connectivity index (χ2v) is 6.44. The Morgan fingerprint density at radius 2 is 1.80 bits per heavy atom. The minimum Gasteiger partial charge on any atom is -0.372 e. The summed E-state index contributed by atoms with van der Waals surface area (Å²) in [5.41, 5.74) is 3.07. The number of hydrogen-bond acceptors (Lipinski definition) is 2. The number of nitrogens with one attached hydrogen (secondary N) is 2. The molecule has 1 aliphatic heterocycles. The second kappa shape index (κ2) is 6.59. The van der Waals surface area contributed by atoms with Crippen molar-refractivity contribution in [2.45, 2.75) is 19.3 Å². The van der Waals surface area contributed by atoms with Crippen LogP contribution in [0.2, 0.25) is 0 Å². The summed E-state index contributed by atoms with van der Waals surface area (Å²) in [5, 5.41) is 3.62. The highest BCUT2D eigenvalue weighted by molar-refractivity contribution is 6.12. The van der Waals surface area contributed by atoms with Crippen LogP contribution >= 0.6 is 0 Å². The van der Waals surface area contributed by atoms with Crippen LogP contribution < -0.4 is 10.2 Å². The van der Waals surface area contributed by atoms with E-state index in [1.165, 1.54) is 37.1 Å². The Balaban J connectivity index is 1.50. The van der Waals surface area contributed by atoms with Crippen molar-refractivity contribution in [2.24, 2.45) is 0 Å². The standard InChI is InChI=1S/C20H20FN3O/c21-14-4-9-17-18(13-22-19(17)12-14)20(25)23-15-5-7-16(8-6-15)24-10-2-1-3-11-24/h4-9,12-13,22H,1-3,10-11H2,(H,23,25). The first-order valence-electron chi connectivity index (χ1n) is 8.64. The summed E-state index contributed by atoms with van der Waals surface area (Å²) in [4.78, 5) is 17.8. The van der Waals surface area contributed by atoms with Crippen LogP contribution in [0.5, 0.6) is 0 Å². The molecule has 1 amide bonds. The lowest BCUT2D eigenvalue weighted by Gasteiger charge is -2.28. The van der Waals surface area contributed by atoms with Gasteiger partial charge in [-0.15, -0.1) is 0 Å². The summed E-state index contributed by atoms with van der Waals surface area (Å²) in [6, 6.07) is 12.3. The Kier molecular flexibility index (Phi) is 4.14. The van der Waals surface area contributed by atoms with E-state index in [1.807, 2.05) is 24.3 Å². The number of nitrogens with zero attached hydrogens (tertiary/aromatic N) is 1. The number of piperidine rings is 1. The Labute approximate surface area is 145 Å². The first-order chi connectivity index (χ1) is 12.2. The maximum Gasteiger partial charge on any atom is 0.257 e. The highest BCUT2D eigenvalue weighted by Gasteiger charge is 2.14. The molecule has 0 unspecified atom stereocenters. The van der Waals surface area contributed by atoms with E-state index >= 15 is 0 Å². The molecule has 1 saturated heterocycles. The fraction of sp³-hybridized carbons (Fsp3) is 0.250. The maximum atomic E-state index is 13.3. The summed E-state index contributed by atoms with van der Waals surface area (Å²) in [6.45, 7) is 2.19. The number of amides is 1. The van der Waals surface area contributed by atoms with Crippen molar-refractivity contribution in [3.8, 4) is 0 Å². The molecule has 1 fully saturated rings. The molecule has 2 heterocycles. The molecular weight excluding hydrogens is 317 g/mol. The molecule has 25 heavy (non-hydrogen) atoms. The zero-order valence-corrected chi connectivity index (χ0v) is 13.9. The summed E-state index contributed by atoms with van der Waals surface area (Å²) in [6.07, 6.45) is 5.39. The third-order valence-corrected chi connectivity index (χ3v) is 4.73. The predicted octanol–water partition coefficient (Wildman–Crippen LogP) is 4.55. The topological polar surface area (TPSA) is 48.1 Å². The number of rotatable bonds is 3. The van der Waals surface area contributed by atoms with Crippen molar-refractivity contribution in [3.05, 3.63) is 60.0 Å². The molecule has 4 rings (SSSR count). The van der Waals surface area contributed by atoms with E-state index in [9.17, 15) is 9.18 Å². The van der Waals surface area contributed by atoms with Gasteiger partial charge in [-0.1, -0.05) is 0 Å². The largest absolute Gasteiger partial charge is 0.372 e. The number of fused-ring (bicyclic) bond motifs is 1. The Morgan fingerprint density at radius 3 is 2.56 bits per heavy atom. The van der Waals surface area contributed by atoms with E-state index in [2.05, 4.69) is 15.2 Å². The number of anilines is 2. The number of benzene rings is 2. The summed E-state index contributed by atoms with van der Waals surface area (Å²) >= 11 is 0. The fourth-order valence-corrected chi connectivity index (χ4v) is 3.39. The van der Waals surface area contributed by atoms with Crippen LogP contribution in [0.4, 0.5) is 15.8 Å². The fourth-order valence-electron chi connectivity index (χ4n) is 3.39. The molecule has 0 radical (unpaired) electrons. The lowest BCUT2D eigenvalue weighted by molar-refractivity contribution is 0.102. The quantitative estimate of drug-likeness (QED) is 0.736. The summed E-state index contributed by atoms with van der Waals surface area (Å²) < 4.78 is 13.3. The van der Waals surface area contributed by atoms with Gasteiger partial charge in [0.15, 0.2) is 0 Å². The van der Waals surface area contributed by atoms with E-state index in [0.717, 1.165) is 18.8 Å². The van der Waals surface area contributed by atoms with Gasteiger partial charge in [-0.3, -0.25) is 4.79 Å². The molecule has 2 N–H and O–H groups in total. The van der Waals surface area contributed by atoms with Gasteiger partial charge in [-0.25, -0.2) is 4.39 Å². The van der Waals surface area contributed by atoms with Crippen molar-refractivity contribution in [3.63, 3.8) is 0 Å². The summed E-state index contributed by atoms with van der Waals surface area (Å²) in [7, 11) is 0. The molecule has 0 bridgehead atoms. The van der Waals surface area contributed by atoms with Crippen LogP contribution in [0.25, 0.3) is 10.9 Å². The molecule has 0 aliphatic carbocycles. The zero-order chi connectivity index (χ0) is 17.2. The van der Waals surface area contributed by atoms with E-state index < -0.39 is 0 Å². The van der Waals surface area contributed by atoms with Crippen LogP contribution in [0, 0.1) is 5.82 Å². The minimum atomic E-state index is -0.324. The van der Waals surface area contributed by atoms with Crippen molar-refractivity contribution in [2.75, 3.05) is 23.3 Å². The smallest absolute Gasteiger partial charge is 0.257 e. The monoisotopic (exact) mass is 337 g/mol. The Hall–Kier alpha value is -2.82. The lowest BCUT2D eigenvalue weighted by atomic mass is 10.1. The number of H-pyrrole nitrogens is 1. The normalized spacial score (nSPS) is 14.7. The Morgan fingerprint density at radius 1 is 1.04 bits per heavy atom. The van der Waals surface area contributed by atoms with Crippen LogP contribution in [0.15, 0.2) is 48.7 Å². The van der Waals surface area contributed by atoms with Crippen LogP contribution in [0.3, 0.4) is 0 Å². The van der Waals surface area contributed by atoms with Crippen molar-refractivity contribution < 1.29 is 9.18 Å². The average molecular weight is 337 g/mol. The number of aromatic nitrogens is 1. The van der Waals surface area contributed by atoms with Crippen molar-refractivity contribution >= 4 is 28.2 Å². The third-order valence-electron chi connectivity index (χ3n) is 4.73. The zero-order valence-electron chi connectivity index (χ0n) is 13.9. The highest BCUT2D eigenvalue weighted by Crippen LogP contribution is 2.23. The predicted molar refractivity (Wildman–Crippen MR) is 98.7 cm³/mol. The maximum absolute atomic E-state index is 13.3. The van der Waals surface area contributed by atoms with Gasteiger partial charge in [0.1, 0.15) is 5.82 Å². The van der Waals surface area contributed by atoms with Gasteiger partial charge >= 0.3 is 0 Å². The van der Waals surface area contributed by atoms with Gasteiger partial charge < -0.3 is 15.2 Å². The van der Waals surface area contributed by atoms with Crippen LogP contribution in [-0.2, 0) is 0 Å². The van der Waals surface area contributed by atoms with Gasteiger partial charge in [-0.2, -0.15) is 0 Å². The third kappa shape index (κ3) is 3.22. The number of hydrogen-bond donors (Lipinski definition) is 2. The molecule has 128 valence electrons. The van der Waals surface area contributed by atoms with E-state index in [1.54, 1.807) is 12.3 Å². The van der Waals surface area contributed by atoms with Gasteiger partial charge in [0.25, 0.3) is 5.91 Å². The summed E-state index contributed by atoms with van der Waals surface area (Å²) in [5.74, 6) is -0.529. The number of carbonyl (C=O) groups excluding carboxylic acids is 1. The SMILES string of the molecule is O=C(Nc1ccc(N2CCCCC2)cc1)c1c[nH]c2cc(F)ccc12. The van der Waals surface area contributed by atoms with Gasteiger partial charge in [0.05, 0.1) is 5.56 Å². The molecule has 3 aromatic rings. The molecular formula is C20H20FN3O. The molecule has 0 spiro atoms. The van der Waals surface area contributed by atoms with Gasteiger partial charge in [0, 0.05) is 41.6 Å². The first-order valence-corrected chi connectivity index (χ1v) is 8.64. The molecule has 1 aromatic heterocycles. The molecule has 2 aromatic carbocycles. The van der Waals surface area contributed by atoms with Crippen LogP contribution in [0.1, 0.15) is 29.6 Å². The molecule has 0 saturated carbocycles. The molecule has 4 nitrogen and oxygen atoms in total. The number of carbonyl (C=O) groups is 1. The molecule has 5 heteroatoms.